The summed E-state index contributed by atoms with van der Waals surface area (Å²) in [5, 5.41) is 5.33. The smallest absolute Gasteiger partial charge is 0.323 e. The van der Waals surface area contributed by atoms with Gasteiger partial charge >= 0.3 is 6.03 Å². The van der Waals surface area contributed by atoms with Gasteiger partial charge in [-0.1, -0.05) is 12.1 Å². The summed E-state index contributed by atoms with van der Waals surface area (Å²) in [6.07, 6.45) is 0. The number of anilines is 3. The van der Waals surface area contributed by atoms with Crippen molar-refractivity contribution in [3.05, 3.63) is 48.5 Å². The average Bonchev–Trinajstić information content (AvgIpc) is 2.49. The van der Waals surface area contributed by atoms with Crippen molar-refractivity contribution in [2.24, 2.45) is 0 Å². The minimum Gasteiger partial charge on any atom is -0.495 e. The van der Waals surface area contributed by atoms with Crippen LogP contribution < -0.4 is 20.1 Å². The molecular weight excluding hydrogens is 306 g/mol. The van der Waals surface area contributed by atoms with Crippen LogP contribution in [0.4, 0.5) is 21.9 Å². The Hall–Kier alpha value is -2.58. The lowest BCUT2D eigenvalue weighted by molar-refractivity contribution is 0.262. The molecule has 1 unspecified atom stereocenters. The molecule has 2 amide bonds. The summed E-state index contributed by atoms with van der Waals surface area (Å²) < 4.78 is 26.8. The zero-order chi connectivity index (χ0) is 15.9. The van der Waals surface area contributed by atoms with E-state index in [2.05, 4.69) is 15.4 Å². The van der Waals surface area contributed by atoms with Crippen molar-refractivity contribution in [1.82, 2.24) is 0 Å². The van der Waals surface area contributed by atoms with Gasteiger partial charge in [-0.3, -0.25) is 9.27 Å². The Balaban J connectivity index is 1.98. The third-order valence-corrected chi connectivity index (χ3v) is 3.11. The highest BCUT2D eigenvalue weighted by molar-refractivity contribution is 7.80. The molecule has 0 aliphatic carbocycles. The number of hydrogen-bond donors (Lipinski definition) is 4. The highest BCUT2D eigenvalue weighted by Gasteiger charge is 2.07. The number of carbonyl (C=O) groups is 1. The van der Waals surface area contributed by atoms with Crippen LogP contribution in [0, 0.1) is 0 Å². The number of benzene rings is 2. The second-order valence-electron chi connectivity index (χ2n) is 4.21. The van der Waals surface area contributed by atoms with E-state index in [0.29, 0.717) is 22.8 Å². The molecule has 0 spiro atoms. The van der Waals surface area contributed by atoms with E-state index in [9.17, 15) is 9.00 Å². The normalized spacial score (nSPS) is 11.4. The third-order valence-electron chi connectivity index (χ3n) is 2.70. The van der Waals surface area contributed by atoms with Gasteiger partial charge in [-0.15, -0.1) is 0 Å². The van der Waals surface area contributed by atoms with Gasteiger partial charge in [-0.25, -0.2) is 9.00 Å². The van der Waals surface area contributed by atoms with Crippen molar-refractivity contribution in [3.8, 4) is 5.75 Å². The molecule has 8 heteroatoms. The lowest BCUT2D eigenvalue weighted by atomic mass is 10.3. The van der Waals surface area contributed by atoms with Crippen molar-refractivity contribution < 1.29 is 18.3 Å². The van der Waals surface area contributed by atoms with Gasteiger partial charge in [0.1, 0.15) is 5.75 Å². The van der Waals surface area contributed by atoms with E-state index < -0.39 is 17.3 Å². The van der Waals surface area contributed by atoms with Crippen LogP contribution in [0.15, 0.2) is 48.5 Å². The first-order valence-corrected chi connectivity index (χ1v) is 7.38. The second kappa shape index (κ2) is 7.43. The molecule has 0 radical (unpaired) electrons. The molecule has 2 aromatic carbocycles. The maximum atomic E-state index is 11.9. The maximum absolute atomic E-state index is 11.9. The molecule has 116 valence electrons. The fourth-order valence-corrected chi connectivity index (χ4v) is 2.09. The van der Waals surface area contributed by atoms with Crippen LogP contribution in [0.5, 0.6) is 5.75 Å². The SMILES string of the molecule is COc1ccccc1NC(=O)Nc1ccc(NS(=O)O)cc1. The highest BCUT2D eigenvalue weighted by atomic mass is 32.2. The summed E-state index contributed by atoms with van der Waals surface area (Å²) in [4.78, 5) is 11.9. The van der Waals surface area contributed by atoms with E-state index >= 15 is 0 Å². The van der Waals surface area contributed by atoms with E-state index in [0.717, 1.165) is 0 Å². The number of amides is 2. The molecular formula is C14H15N3O4S. The van der Waals surface area contributed by atoms with Crippen molar-refractivity contribution in [2.75, 3.05) is 22.5 Å². The van der Waals surface area contributed by atoms with Crippen LogP contribution in [0.3, 0.4) is 0 Å². The standard InChI is InChI=1S/C14H15N3O4S/c1-21-13-5-3-2-4-12(13)16-14(18)15-10-6-8-11(9-7-10)17-22(19)20/h2-9,17H,1H3,(H,19,20)(H2,15,16,18). The van der Waals surface area contributed by atoms with Gasteiger partial charge in [0.2, 0.25) is 0 Å². The summed E-state index contributed by atoms with van der Waals surface area (Å²) in [6.45, 7) is 0. The highest BCUT2D eigenvalue weighted by Crippen LogP contribution is 2.23. The summed E-state index contributed by atoms with van der Waals surface area (Å²) in [5.74, 6) is 0.558. The quantitative estimate of drug-likeness (QED) is 0.636. The van der Waals surface area contributed by atoms with Crippen molar-refractivity contribution in [3.63, 3.8) is 0 Å². The van der Waals surface area contributed by atoms with Gasteiger partial charge in [-0.2, -0.15) is 0 Å². The Labute approximate surface area is 130 Å². The van der Waals surface area contributed by atoms with E-state index in [1.165, 1.54) is 7.11 Å². The zero-order valence-corrected chi connectivity index (χ0v) is 12.5. The number of urea groups is 1. The molecule has 7 nitrogen and oxygen atoms in total. The molecule has 22 heavy (non-hydrogen) atoms. The van der Waals surface area contributed by atoms with E-state index in [1.807, 2.05) is 0 Å². The fourth-order valence-electron chi connectivity index (χ4n) is 1.75. The van der Waals surface area contributed by atoms with Crippen LogP contribution in [0.2, 0.25) is 0 Å². The minimum atomic E-state index is -2.13. The summed E-state index contributed by atoms with van der Waals surface area (Å²) in [5.41, 5.74) is 1.56. The number of nitrogens with one attached hydrogen (secondary N) is 3. The Morgan fingerprint density at radius 3 is 2.32 bits per heavy atom. The number of methoxy groups -OCH3 is 1. The summed E-state index contributed by atoms with van der Waals surface area (Å²) >= 11 is -2.13. The molecule has 2 rings (SSSR count). The Morgan fingerprint density at radius 1 is 1.05 bits per heavy atom. The topological polar surface area (TPSA) is 99.7 Å². The summed E-state index contributed by atoms with van der Waals surface area (Å²) in [7, 11) is 1.52. The molecule has 0 bridgehead atoms. The lowest BCUT2D eigenvalue weighted by Crippen LogP contribution is -2.19. The van der Waals surface area contributed by atoms with Crippen LogP contribution >= 0.6 is 0 Å². The van der Waals surface area contributed by atoms with Crippen molar-refractivity contribution in [2.45, 2.75) is 0 Å². The zero-order valence-electron chi connectivity index (χ0n) is 11.7. The fraction of sp³-hybridized carbons (Fsp3) is 0.0714. The molecule has 0 fully saturated rings. The Bertz CT molecular complexity index is 676. The predicted molar refractivity (Wildman–Crippen MR) is 86.5 cm³/mol. The van der Waals surface area contributed by atoms with Crippen molar-refractivity contribution >= 4 is 34.4 Å². The van der Waals surface area contributed by atoms with Gasteiger partial charge in [0.15, 0.2) is 0 Å². The van der Waals surface area contributed by atoms with Crippen LogP contribution in [-0.2, 0) is 11.3 Å². The number of hydrogen-bond acceptors (Lipinski definition) is 3. The molecule has 0 aromatic heterocycles. The first kappa shape index (κ1) is 15.8. The van der Waals surface area contributed by atoms with E-state index in [4.69, 9.17) is 9.29 Å². The molecule has 0 saturated carbocycles. The van der Waals surface area contributed by atoms with Gasteiger partial charge in [0, 0.05) is 11.4 Å². The Kier molecular flexibility index (Phi) is 5.34. The number of carbonyl (C=O) groups excluding carboxylic acids is 1. The van der Waals surface area contributed by atoms with Gasteiger partial charge < -0.3 is 15.4 Å². The molecule has 4 N–H and O–H groups in total. The third kappa shape index (κ3) is 4.47. The first-order valence-electron chi connectivity index (χ1n) is 6.27. The molecule has 0 saturated heterocycles. The molecule has 0 aliphatic rings. The van der Waals surface area contributed by atoms with Crippen molar-refractivity contribution in [1.29, 1.82) is 0 Å². The molecule has 0 aliphatic heterocycles. The van der Waals surface area contributed by atoms with Gasteiger partial charge in [0.05, 0.1) is 12.8 Å². The number of ether oxygens (including phenoxy) is 1. The van der Waals surface area contributed by atoms with Crippen LogP contribution in [0.1, 0.15) is 0 Å². The molecule has 2 aromatic rings. The van der Waals surface area contributed by atoms with Gasteiger partial charge in [0.25, 0.3) is 11.3 Å². The van der Waals surface area contributed by atoms with E-state index in [1.54, 1.807) is 48.5 Å². The van der Waals surface area contributed by atoms with E-state index in [-0.39, 0.29) is 0 Å². The number of rotatable bonds is 5. The van der Waals surface area contributed by atoms with Crippen LogP contribution in [-0.4, -0.2) is 21.9 Å². The monoisotopic (exact) mass is 321 g/mol. The Morgan fingerprint density at radius 2 is 1.68 bits per heavy atom. The minimum absolute atomic E-state index is 0.420. The maximum Gasteiger partial charge on any atom is 0.323 e. The van der Waals surface area contributed by atoms with Gasteiger partial charge in [-0.05, 0) is 36.4 Å². The second-order valence-corrected chi connectivity index (χ2v) is 4.91. The summed E-state index contributed by atoms with van der Waals surface area (Å²) in [6, 6.07) is 13.0. The number of para-hydroxylation sites is 2. The van der Waals surface area contributed by atoms with Crippen LogP contribution in [0.25, 0.3) is 0 Å². The first-order chi connectivity index (χ1) is 10.6. The predicted octanol–water partition coefficient (Wildman–Crippen LogP) is 2.89. The lowest BCUT2D eigenvalue weighted by Gasteiger charge is -2.11. The largest absolute Gasteiger partial charge is 0.495 e. The molecule has 0 heterocycles. The average molecular weight is 321 g/mol. The molecule has 1 atom stereocenters.